The lowest BCUT2D eigenvalue weighted by Gasteiger charge is -2.37. The molecule has 11 nitrogen and oxygen atoms in total. The Morgan fingerprint density at radius 2 is 1.97 bits per heavy atom. The number of furan rings is 1. The number of benzene rings is 1. The van der Waals surface area contributed by atoms with Crippen LogP contribution in [0.4, 0.5) is 5.88 Å². The predicted octanol–water partition coefficient (Wildman–Crippen LogP) is 1.63. The van der Waals surface area contributed by atoms with Crippen LogP contribution < -0.4 is 5.32 Å². The van der Waals surface area contributed by atoms with Gasteiger partial charge in [0.1, 0.15) is 4.92 Å². The number of nitrogens with one attached hydrogen (secondary N) is 1. The first-order valence-electron chi connectivity index (χ1n) is 8.70. The van der Waals surface area contributed by atoms with E-state index in [4.69, 9.17) is 8.94 Å². The largest absolute Gasteiger partial charge is 0.433 e. The maximum Gasteiger partial charge on any atom is 0.433 e. The zero-order chi connectivity index (χ0) is 20.4. The number of hydrogen-bond acceptors (Lipinski definition) is 8. The fourth-order valence-electron chi connectivity index (χ4n) is 2.85. The molecular weight excluding hydrogens is 382 g/mol. The molecule has 2 amide bonds. The number of likely N-dealkylation sites (tertiary alicyclic amines) is 1. The van der Waals surface area contributed by atoms with Gasteiger partial charge < -0.3 is 19.2 Å². The summed E-state index contributed by atoms with van der Waals surface area (Å²) in [6.45, 7) is 0.462. The summed E-state index contributed by atoms with van der Waals surface area (Å²) in [5, 5.41) is 17.2. The highest BCUT2D eigenvalue weighted by Gasteiger charge is 2.37. The normalized spacial score (nSPS) is 13.7. The number of nitro groups is 1. The molecule has 3 heterocycles. The maximum absolute atomic E-state index is 12.2. The third-order valence-corrected chi connectivity index (χ3v) is 4.44. The molecule has 0 atom stereocenters. The zero-order valence-corrected chi connectivity index (χ0v) is 15.0. The van der Waals surface area contributed by atoms with Crippen molar-refractivity contribution >= 4 is 17.7 Å². The van der Waals surface area contributed by atoms with E-state index in [9.17, 15) is 19.7 Å². The fourth-order valence-corrected chi connectivity index (χ4v) is 2.85. The molecule has 1 aromatic carbocycles. The summed E-state index contributed by atoms with van der Waals surface area (Å²) >= 11 is 0. The second-order valence-electron chi connectivity index (χ2n) is 6.40. The van der Waals surface area contributed by atoms with E-state index >= 15 is 0 Å². The average molecular weight is 397 g/mol. The van der Waals surface area contributed by atoms with Gasteiger partial charge in [-0.15, -0.1) is 0 Å². The summed E-state index contributed by atoms with van der Waals surface area (Å²) in [5.74, 6) is -1.06. The SMILES string of the molecule is O=C(NCc1nc(-c2ccccc2)no1)C1CN(C(=O)c2ccc([N+](=O)[O-])o2)C1. The van der Waals surface area contributed by atoms with Crippen LogP contribution >= 0.6 is 0 Å². The Balaban J connectivity index is 1.26. The molecule has 0 spiro atoms. The van der Waals surface area contributed by atoms with Crippen LogP contribution in [-0.4, -0.2) is 44.9 Å². The van der Waals surface area contributed by atoms with Gasteiger partial charge in [-0.3, -0.25) is 19.7 Å². The zero-order valence-electron chi connectivity index (χ0n) is 15.0. The third kappa shape index (κ3) is 3.83. The lowest BCUT2D eigenvalue weighted by molar-refractivity contribution is -0.402. The van der Waals surface area contributed by atoms with E-state index in [1.54, 1.807) is 0 Å². The van der Waals surface area contributed by atoms with Crippen LogP contribution in [0.1, 0.15) is 16.4 Å². The predicted molar refractivity (Wildman–Crippen MR) is 96.3 cm³/mol. The number of hydrogen-bond donors (Lipinski definition) is 1. The van der Waals surface area contributed by atoms with Crippen LogP contribution in [0.5, 0.6) is 0 Å². The molecule has 1 fully saturated rings. The van der Waals surface area contributed by atoms with Gasteiger partial charge in [-0.1, -0.05) is 35.5 Å². The monoisotopic (exact) mass is 397 g/mol. The molecule has 2 aromatic heterocycles. The van der Waals surface area contributed by atoms with E-state index in [0.717, 1.165) is 11.6 Å². The molecule has 11 heteroatoms. The van der Waals surface area contributed by atoms with Crippen molar-refractivity contribution in [2.24, 2.45) is 5.92 Å². The molecule has 3 aromatic rings. The molecule has 0 unspecified atom stereocenters. The van der Waals surface area contributed by atoms with Crippen molar-refractivity contribution in [1.82, 2.24) is 20.4 Å². The molecule has 1 saturated heterocycles. The number of rotatable bonds is 6. The first kappa shape index (κ1) is 18.3. The molecule has 148 valence electrons. The molecule has 0 bridgehead atoms. The van der Waals surface area contributed by atoms with Crippen molar-refractivity contribution in [3.63, 3.8) is 0 Å². The highest BCUT2D eigenvalue weighted by Crippen LogP contribution is 2.22. The molecule has 0 aliphatic carbocycles. The summed E-state index contributed by atoms with van der Waals surface area (Å²) in [7, 11) is 0. The van der Waals surface area contributed by atoms with Crippen LogP contribution in [0.25, 0.3) is 11.4 Å². The topological polar surface area (TPSA) is 145 Å². The van der Waals surface area contributed by atoms with Gasteiger partial charge in [0.05, 0.1) is 18.5 Å². The van der Waals surface area contributed by atoms with E-state index in [-0.39, 0.29) is 43.1 Å². The van der Waals surface area contributed by atoms with E-state index in [1.165, 1.54) is 11.0 Å². The van der Waals surface area contributed by atoms with Crippen LogP contribution in [0.3, 0.4) is 0 Å². The van der Waals surface area contributed by atoms with Crippen molar-refractivity contribution in [3.8, 4) is 11.4 Å². The van der Waals surface area contributed by atoms with Gasteiger partial charge >= 0.3 is 5.88 Å². The Labute approximate surface area is 163 Å². The van der Waals surface area contributed by atoms with Gasteiger partial charge in [-0.2, -0.15) is 4.98 Å². The van der Waals surface area contributed by atoms with Crippen LogP contribution in [0, 0.1) is 16.0 Å². The van der Waals surface area contributed by atoms with Crippen molar-refractivity contribution in [2.75, 3.05) is 13.1 Å². The molecule has 1 aliphatic rings. The first-order chi connectivity index (χ1) is 14.0. The summed E-state index contributed by atoms with van der Waals surface area (Å²) in [4.78, 5) is 39.9. The van der Waals surface area contributed by atoms with Crippen LogP contribution in [-0.2, 0) is 11.3 Å². The molecule has 0 radical (unpaired) electrons. The number of amides is 2. The van der Waals surface area contributed by atoms with E-state index in [1.807, 2.05) is 30.3 Å². The number of aromatic nitrogens is 2. The molecule has 29 heavy (non-hydrogen) atoms. The van der Waals surface area contributed by atoms with Gasteiger partial charge in [-0.05, 0) is 6.07 Å². The Hall–Kier alpha value is -4.02. The molecule has 1 aliphatic heterocycles. The Morgan fingerprint density at radius 1 is 1.21 bits per heavy atom. The van der Waals surface area contributed by atoms with Gasteiger partial charge in [-0.25, -0.2) is 0 Å². The summed E-state index contributed by atoms with van der Waals surface area (Å²) in [5.41, 5.74) is 0.806. The summed E-state index contributed by atoms with van der Waals surface area (Å²) in [6.07, 6.45) is 0. The Bertz CT molecular complexity index is 1050. The van der Waals surface area contributed by atoms with Crippen molar-refractivity contribution in [3.05, 3.63) is 64.2 Å². The van der Waals surface area contributed by atoms with Gasteiger partial charge in [0, 0.05) is 18.7 Å². The van der Waals surface area contributed by atoms with Gasteiger partial charge in [0.25, 0.3) is 5.91 Å². The Kier molecular flexibility index (Phi) is 4.77. The van der Waals surface area contributed by atoms with E-state index < -0.39 is 16.7 Å². The Morgan fingerprint density at radius 3 is 2.66 bits per heavy atom. The van der Waals surface area contributed by atoms with Crippen molar-refractivity contribution in [2.45, 2.75) is 6.54 Å². The number of nitrogens with zero attached hydrogens (tertiary/aromatic N) is 4. The minimum absolute atomic E-state index is 0.0769. The summed E-state index contributed by atoms with van der Waals surface area (Å²) in [6, 6.07) is 11.7. The molecule has 4 rings (SSSR count). The average Bonchev–Trinajstić information content (AvgIpc) is 3.36. The van der Waals surface area contributed by atoms with Crippen LogP contribution in [0.15, 0.2) is 51.4 Å². The lowest BCUT2D eigenvalue weighted by Crippen LogP contribution is -2.55. The fraction of sp³-hybridized carbons (Fsp3) is 0.222. The van der Waals surface area contributed by atoms with Gasteiger partial charge in [0.2, 0.25) is 17.6 Å². The quantitative estimate of drug-likeness (QED) is 0.488. The molecular formula is C18H15N5O6. The van der Waals surface area contributed by atoms with Crippen molar-refractivity contribution in [1.29, 1.82) is 0 Å². The minimum atomic E-state index is -0.718. The second kappa shape index (κ2) is 7.54. The molecule has 1 N–H and O–H groups in total. The second-order valence-corrected chi connectivity index (χ2v) is 6.40. The van der Waals surface area contributed by atoms with E-state index in [2.05, 4.69) is 15.5 Å². The highest BCUT2D eigenvalue weighted by atomic mass is 16.6. The number of carbonyl (C=O) groups excluding carboxylic acids is 2. The minimum Gasteiger partial charge on any atom is -0.395 e. The standard InChI is InChI=1S/C18H15N5O6/c24-17(19-8-14-20-16(21-29-14)11-4-2-1-3-5-11)12-9-22(10-12)18(25)13-6-7-15(28-13)23(26)27/h1-7,12H,8-10H2,(H,19,24). The maximum atomic E-state index is 12.2. The smallest absolute Gasteiger partial charge is 0.395 e. The molecule has 0 saturated carbocycles. The highest BCUT2D eigenvalue weighted by molar-refractivity contribution is 5.94. The van der Waals surface area contributed by atoms with Crippen molar-refractivity contribution < 1.29 is 23.5 Å². The van der Waals surface area contributed by atoms with Crippen LogP contribution in [0.2, 0.25) is 0 Å². The summed E-state index contributed by atoms with van der Waals surface area (Å²) < 4.78 is 10.0. The third-order valence-electron chi connectivity index (χ3n) is 4.44. The van der Waals surface area contributed by atoms with E-state index in [0.29, 0.717) is 5.82 Å². The first-order valence-corrected chi connectivity index (χ1v) is 8.70. The van der Waals surface area contributed by atoms with Gasteiger partial charge in [0.15, 0.2) is 5.76 Å². The lowest BCUT2D eigenvalue weighted by atomic mass is 9.99. The number of carbonyl (C=O) groups is 2.